The minimum absolute atomic E-state index is 0. The number of morpholine rings is 1. The molecule has 0 radical (unpaired) electrons. The molecule has 126 valence electrons. The summed E-state index contributed by atoms with van der Waals surface area (Å²) in [6.45, 7) is 14.5. The Morgan fingerprint density at radius 3 is 2.09 bits per heavy atom. The van der Waals surface area contributed by atoms with E-state index < -0.39 is 0 Å². The fraction of sp³-hybridized carbons (Fsp3) is 0.684. The van der Waals surface area contributed by atoms with Crippen molar-refractivity contribution in [1.82, 2.24) is 4.90 Å². The summed E-state index contributed by atoms with van der Waals surface area (Å²) in [7, 11) is 0. The largest absolute Gasteiger partial charge is 0.373 e. The molecule has 1 heterocycles. The van der Waals surface area contributed by atoms with Crippen molar-refractivity contribution in [1.29, 1.82) is 0 Å². The third kappa shape index (κ3) is 5.91. The van der Waals surface area contributed by atoms with E-state index >= 15 is 0 Å². The molecule has 0 N–H and O–H groups in total. The molecule has 2 nitrogen and oxygen atoms in total. The summed E-state index contributed by atoms with van der Waals surface area (Å²) in [6, 6.07) is 9.17. The summed E-state index contributed by atoms with van der Waals surface area (Å²) in [5.74, 6) is 1.31. The van der Waals surface area contributed by atoms with Crippen LogP contribution in [0.2, 0.25) is 0 Å². The molecule has 1 fully saturated rings. The highest BCUT2D eigenvalue weighted by Gasteiger charge is 2.23. The van der Waals surface area contributed by atoms with E-state index in [4.69, 9.17) is 4.74 Å². The van der Waals surface area contributed by atoms with Gasteiger partial charge in [0.1, 0.15) is 0 Å². The van der Waals surface area contributed by atoms with E-state index in [-0.39, 0.29) is 12.4 Å². The second-order valence-electron chi connectivity index (χ2n) is 7.18. The molecule has 0 spiro atoms. The van der Waals surface area contributed by atoms with E-state index in [1.165, 1.54) is 24.1 Å². The Kier molecular flexibility index (Phi) is 7.88. The van der Waals surface area contributed by atoms with E-state index in [0.717, 1.165) is 13.1 Å². The Morgan fingerprint density at radius 1 is 1.05 bits per heavy atom. The first-order valence-electron chi connectivity index (χ1n) is 8.40. The van der Waals surface area contributed by atoms with Gasteiger partial charge >= 0.3 is 0 Å². The summed E-state index contributed by atoms with van der Waals surface area (Å²) in [4.78, 5) is 2.56. The predicted molar refractivity (Wildman–Crippen MR) is 97.1 cm³/mol. The lowest BCUT2D eigenvalue weighted by molar-refractivity contribution is -0.0708. The lowest BCUT2D eigenvalue weighted by atomic mass is 9.96. The molecule has 3 heteroatoms. The Hall–Kier alpha value is -0.570. The van der Waals surface area contributed by atoms with Crippen LogP contribution in [0, 0.1) is 5.92 Å². The van der Waals surface area contributed by atoms with Gasteiger partial charge in [-0.25, -0.2) is 0 Å². The average Bonchev–Trinajstić information content (AvgIpc) is 2.37. The number of hydrogen-bond donors (Lipinski definition) is 0. The first-order valence-corrected chi connectivity index (χ1v) is 8.40. The molecule has 0 aromatic heterocycles. The van der Waals surface area contributed by atoms with Gasteiger partial charge in [-0.1, -0.05) is 45.0 Å². The van der Waals surface area contributed by atoms with Gasteiger partial charge < -0.3 is 4.74 Å². The normalized spacial score (nSPS) is 24.1. The molecule has 0 amide bonds. The maximum atomic E-state index is 5.81. The Labute approximate surface area is 142 Å². The maximum Gasteiger partial charge on any atom is 0.0678 e. The van der Waals surface area contributed by atoms with E-state index in [1.807, 2.05) is 0 Å². The molecule has 1 aliphatic rings. The molecular formula is C19H32ClNO. The Morgan fingerprint density at radius 2 is 1.59 bits per heavy atom. The Balaban J connectivity index is 0.00000242. The summed E-state index contributed by atoms with van der Waals surface area (Å²) >= 11 is 0. The minimum atomic E-state index is 0. The van der Waals surface area contributed by atoms with Crippen LogP contribution in [0.15, 0.2) is 24.3 Å². The summed E-state index contributed by atoms with van der Waals surface area (Å²) < 4.78 is 5.81. The fourth-order valence-electron chi connectivity index (χ4n) is 3.38. The van der Waals surface area contributed by atoms with Crippen molar-refractivity contribution < 1.29 is 4.74 Å². The average molecular weight is 326 g/mol. The number of rotatable bonds is 5. The second-order valence-corrected chi connectivity index (χ2v) is 7.18. The first-order chi connectivity index (χ1) is 9.94. The quantitative estimate of drug-likeness (QED) is 0.789. The first kappa shape index (κ1) is 19.5. The van der Waals surface area contributed by atoms with Crippen molar-refractivity contribution in [2.45, 2.75) is 59.2 Å². The molecule has 0 aliphatic carbocycles. The van der Waals surface area contributed by atoms with Gasteiger partial charge in [-0.15, -0.1) is 12.4 Å². The topological polar surface area (TPSA) is 12.5 Å². The zero-order valence-corrected chi connectivity index (χ0v) is 15.5. The Bertz CT molecular complexity index is 422. The second kappa shape index (κ2) is 8.90. The molecule has 1 aliphatic heterocycles. The minimum Gasteiger partial charge on any atom is -0.373 e. The van der Waals surface area contributed by atoms with Crippen LogP contribution in [0.3, 0.4) is 0 Å². The van der Waals surface area contributed by atoms with Gasteiger partial charge in [0.25, 0.3) is 0 Å². The number of halogens is 1. The van der Waals surface area contributed by atoms with Crippen molar-refractivity contribution >= 4 is 12.4 Å². The number of benzene rings is 1. The van der Waals surface area contributed by atoms with Crippen molar-refractivity contribution in [3.8, 4) is 0 Å². The van der Waals surface area contributed by atoms with Gasteiger partial charge in [-0.05, 0) is 43.2 Å². The lowest BCUT2D eigenvalue weighted by Gasteiger charge is -2.36. The van der Waals surface area contributed by atoms with Crippen molar-refractivity contribution in [3.63, 3.8) is 0 Å². The van der Waals surface area contributed by atoms with Gasteiger partial charge in [0, 0.05) is 19.6 Å². The summed E-state index contributed by atoms with van der Waals surface area (Å²) in [5.41, 5.74) is 2.89. The molecule has 22 heavy (non-hydrogen) atoms. The fourth-order valence-corrected chi connectivity index (χ4v) is 3.38. The molecule has 1 saturated heterocycles. The van der Waals surface area contributed by atoms with Gasteiger partial charge in [-0.2, -0.15) is 0 Å². The highest BCUT2D eigenvalue weighted by molar-refractivity contribution is 5.85. The van der Waals surface area contributed by atoms with Crippen LogP contribution in [0.5, 0.6) is 0 Å². The van der Waals surface area contributed by atoms with Crippen molar-refractivity contribution in [2.75, 3.05) is 19.6 Å². The number of ether oxygens (including phenoxy) is 1. The summed E-state index contributed by atoms with van der Waals surface area (Å²) in [5, 5.41) is 0. The highest BCUT2D eigenvalue weighted by Crippen LogP contribution is 2.18. The van der Waals surface area contributed by atoms with Crippen LogP contribution in [-0.4, -0.2) is 36.7 Å². The van der Waals surface area contributed by atoms with Crippen LogP contribution < -0.4 is 0 Å². The van der Waals surface area contributed by atoms with Crippen molar-refractivity contribution in [2.24, 2.45) is 5.92 Å². The third-order valence-corrected chi connectivity index (χ3v) is 4.30. The van der Waals surface area contributed by atoms with Crippen LogP contribution in [0.25, 0.3) is 0 Å². The molecule has 3 unspecified atom stereocenters. The van der Waals surface area contributed by atoms with Crippen molar-refractivity contribution in [3.05, 3.63) is 35.4 Å². The summed E-state index contributed by atoms with van der Waals surface area (Å²) in [6.07, 6.45) is 1.90. The molecular weight excluding hydrogens is 294 g/mol. The van der Waals surface area contributed by atoms with E-state index in [2.05, 4.69) is 63.8 Å². The zero-order chi connectivity index (χ0) is 15.4. The molecule has 3 atom stereocenters. The highest BCUT2D eigenvalue weighted by atomic mass is 35.5. The molecule has 0 bridgehead atoms. The van der Waals surface area contributed by atoms with E-state index in [1.54, 1.807) is 0 Å². The van der Waals surface area contributed by atoms with Crippen LogP contribution in [0.1, 0.15) is 51.7 Å². The van der Waals surface area contributed by atoms with Gasteiger partial charge in [-0.3, -0.25) is 4.90 Å². The molecule has 0 saturated carbocycles. The monoisotopic (exact) mass is 325 g/mol. The molecule has 1 aromatic rings. The lowest BCUT2D eigenvalue weighted by Crippen LogP contribution is -2.47. The van der Waals surface area contributed by atoms with Crippen LogP contribution >= 0.6 is 12.4 Å². The predicted octanol–water partition coefficient (Wildman–Crippen LogP) is 4.52. The van der Waals surface area contributed by atoms with E-state index in [9.17, 15) is 0 Å². The SMILES string of the molecule is CC(Cc1ccc(C(C)C)cc1)CN1CC(C)OC(C)C1.Cl. The maximum absolute atomic E-state index is 5.81. The number of hydrogen-bond acceptors (Lipinski definition) is 2. The molecule has 1 aromatic carbocycles. The standard InChI is InChI=1S/C19H31NO.ClH/c1-14(2)19-8-6-18(7-9-19)10-15(3)11-20-12-16(4)21-17(5)13-20;/h6-9,14-17H,10-13H2,1-5H3;1H. The third-order valence-electron chi connectivity index (χ3n) is 4.30. The van der Waals surface area contributed by atoms with Gasteiger partial charge in [0.2, 0.25) is 0 Å². The van der Waals surface area contributed by atoms with E-state index in [0.29, 0.717) is 24.0 Å². The number of nitrogens with zero attached hydrogens (tertiary/aromatic N) is 1. The molecule has 2 rings (SSSR count). The smallest absolute Gasteiger partial charge is 0.0678 e. The van der Waals surface area contributed by atoms with Crippen LogP contribution in [0.4, 0.5) is 0 Å². The van der Waals surface area contributed by atoms with Gasteiger partial charge in [0.05, 0.1) is 12.2 Å². The zero-order valence-electron chi connectivity index (χ0n) is 14.7. The van der Waals surface area contributed by atoms with Gasteiger partial charge in [0.15, 0.2) is 0 Å². The van der Waals surface area contributed by atoms with Crippen LogP contribution in [-0.2, 0) is 11.2 Å².